The molecule has 1 saturated heterocycles. The lowest BCUT2D eigenvalue weighted by molar-refractivity contribution is 0.351. The quantitative estimate of drug-likeness (QED) is 0.576. The molecule has 0 saturated carbocycles. The molecule has 1 aliphatic heterocycles. The molecule has 25 heavy (non-hydrogen) atoms. The molecular weight excluding hydrogens is 315 g/mol. The molecule has 126 valence electrons. The van der Waals surface area contributed by atoms with Gasteiger partial charge in [0.2, 0.25) is 0 Å². The lowest BCUT2D eigenvalue weighted by Crippen LogP contribution is -2.29. The molecule has 2 aromatic carbocycles. The van der Waals surface area contributed by atoms with Crippen molar-refractivity contribution in [3.05, 3.63) is 54.6 Å². The van der Waals surface area contributed by atoms with E-state index >= 15 is 0 Å². The molecule has 1 fully saturated rings. The van der Waals surface area contributed by atoms with Gasteiger partial charge in [0.25, 0.3) is 0 Å². The summed E-state index contributed by atoms with van der Waals surface area (Å²) in [6.07, 6.45) is 6.11. The van der Waals surface area contributed by atoms with Gasteiger partial charge in [0.1, 0.15) is 5.82 Å². The predicted molar refractivity (Wildman–Crippen MR) is 98.1 cm³/mol. The van der Waals surface area contributed by atoms with Crippen molar-refractivity contribution in [1.82, 2.24) is 20.1 Å². The summed E-state index contributed by atoms with van der Waals surface area (Å²) >= 11 is 0. The van der Waals surface area contributed by atoms with Crippen molar-refractivity contribution in [3.8, 4) is 11.1 Å². The third-order valence-corrected chi connectivity index (χ3v) is 5.21. The molecule has 0 radical (unpaired) electrons. The highest BCUT2D eigenvalue weighted by Gasteiger charge is 2.18. The minimum Gasteiger partial charge on any atom is -0.360 e. The van der Waals surface area contributed by atoms with E-state index in [1.165, 1.54) is 17.6 Å². The zero-order chi connectivity index (χ0) is 16.8. The minimum absolute atomic E-state index is 0.222. The van der Waals surface area contributed by atoms with Gasteiger partial charge in [-0.15, -0.1) is 0 Å². The molecule has 0 unspecified atom stereocenters. The van der Waals surface area contributed by atoms with E-state index in [0.717, 1.165) is 53.3 Å². The first-order valence-corrected chi connectivity index (χ1v) is 8.74. The maximum atomic E-state index is 13.4. The summed E-state index contributed by atoms with van der Waals surface area (Å²) in [6, 6.07) is 11.8. The molecule has 2 N–H and O–H groups in total. The first-order valence-electron chi connectivity index (χ1n) is 8.74. The van der Waals surface area contributed by atoms with E-state index in [2.05, 4.69) is 38.3 Å². The molecule has 0 amide bonds. The summed E-state index contributed by atoms with van der Waals surface area (Å²) < 4.78 is 15.6. The number of rotatable bonds is 2. The fourth-order valence-electron chi connectivity index (χ4n) is 3.88. The Morgan fingerprint density at radius 1 is 1.08 bits per heavy atom. The minimum atomic E-state index is -0.222. The smallest absolute Gasteiger partial charge is 0.125 e. The van der Waals surface area contributed by atoms with Gasteiger partial charge < -0.3 is 10.3 Å². The summed E-state index contributed by atoms with van der Waals surface area (Å²) in [4.78, 5) is 3.18. The molecule has 3 heterocycles. The number of nitrogens with one attached hydrogen (secondary N) is 2. The molecule has 1 aliphatic rings. The van der Waals surface area contributed by atoms with Gasteiger partial charge in [-0.25, -0.2) is 4.39 Å². The summed E-state index contributed by atoms with van der Waals surface area (Å²) in [6.45, 7) is 2.08. The van der Waals surface area contributed by atoms with Crippen LogP contribution in [0.25, 0.3) is 32.9 Å². The Hall–Kier alpha value is -2.66. The summed E-state index contributed by atoms with van der Waals surface area (Å²) in [5, 5.41) is 10.3. The van der Waals surface area contributed by atoms with Crippen LogP contribution in [-0.4, -0.2) is 27.9 Å². The van der Waals surface area contributed by atoms with E-state index in [-0.39, 0.29) is 5.82 Å². The largest absolute Gasteiger partial charge is 0.360 e. The fourth-order valence-corrected chi connectivity index (χ4v) is 3.88. The maximum Gasteiger partial charge on any atom is 0.125 e. The zero-order valence-corrected chi connectivity index (χ0v) is 13.8. The standard InChI is InChI=1S/C20H19FN4/c21-15-3-4-17-18(12-23-19(17)10-15)13-1-2-14-11-24-25(20(14)9-13)16-5-7-22-8-6-16/h1-4,9-12,16,22-23H,5-8H2. The fraction of sp³-hybridized carbons (Fsp3) is 0.250. The maximum absolute atomic E-state index is 13.4. The number of nitrogens with zero attached hydrogens (tertiary/aromatic N) is 2. The van der Waals surface area contributed by atoms with Gasteiger partial charge in [0.15, 0.2) is 0 Å². The highest BCUT2D eigenvalue weighted by atomic mass is 19.1. The molecule has 0 atom stereocenters. The SMILES string of the molecule is Fc1ccc2c(-c3ccc4cnn(C5CCNCC5)c4c3)c[nH]c2c1. The van der Waals surface area contributed by atoms with Crippen molar-refractivity contribution >= 4 is 21.8 Å². The van der Waals surface area contributed by atoms with Crippen LogP contribution in [0.3, 0.4) is 0 Å². The van der Waals surface area contributed by atoms with E-state index < -0.39 is 0 Å². The van der Waals surface area contributed by atoms with E-state index in [1.54, 1.807) is 0 Å². The zero-order valence-electron chi connectivity index (χ0n) is 13.8. The van der Waals surface area contributed by atoms with Crippen LogP contribution in [0.15, 0.2) is 48.8 Å². The molecule has 4 nitrogen and oxygen atoms in total. The van der Waals surface area contributed by atoms with Gasteiger partial charge in [-0.3, -0.25) is 4.68 Å². The van der Waals surface area contributed by atoms with Crippen molar-refractivity contribution in [2.24, 2.45) is 0 Å². The molecule has 5 rings (SSSR count). The predicted octanol–water partition coefficient (Wildman–Crippen LogP) is 4.25. The number of fused-ring (bicyclic) bond motifs is 2. The Bertz CT molecular complexity index is 1060. The molecular formula is C20H19FN4. The van der Waals surface area contributed by atoms with Crippen LogP contribution in [0, 0.1) is 5.82 Å². The van der Waals surface area contributed by atoms with Crippen LogP contribution in [0.4, 0.5) is 4.39 Å². The number of hydrogen-bond acceptors (Lipinski definition) is 2. The Kier molecular flexibility index (Phi) is 3.35. The monoisotopic (exact) mass is 334 g/mol. The van der Waals surface area contributed by atoms with Crippen molar-refractivity contribution < 1.29 is 4.39 Å². The van der Waals surface area contributed by atoms with Gasteiger partial charge in [-0.2, -0.15) is 5.10 Å². The molecule has 0 aliphatic carbocycles. The van der Waals surface area contributed by atoms with E-state index in [4.69, 9.17) is 0 Å². The Morgan fingerprint density at radius 2 is 1.96 bits per heavy atom. The van der Waals surface area contributed by atoms with Gasteiger partial charge in [-0.1, -0.05) is 12.1 Å². The normalized spacial score (nSPS) is 16.0. The number of H-pyrrole nitrogens is 1. The van der Waals surface area contributed by atoms with Crippen molar-refractivity contribution in [2.45, 2.75) is 18.9 Å². The second-order valence-electron chi connectivity index (χ2n) is 6.74. The van der Waals surface area contributed by atoms with E-state index in [0.29, 0.717) is 6.04 Å². The Balaban J connectivity index is 1.63. The number of halogens is 1. The third-order valence-electron chi connectivity index (χ3n) is 5.21. The van der Waals surface area contributed by atoms with Gasteiger partial charge in [-0.05, 0) is 55.8 Å². The summed E-state index contributed by atoms with van der Waals surface area (Å²) in [5.41, 5.74) is 4.21. The van der Waals surface area contributed by atoms with Crippen molar-refractivity contribution in [3.63, 3.8) is 0 Å². The summed E-state index contributed by atoms with van der Waals surface area (Å²) in [5.74, 6) is -0.222. The van der Waals surface area contributed by atoms with Crippen LogP contribution in [0.5, 0.6) is 0 Å². The van der Waals surface area contributed by atoms with Crippen LogP contribution in [-0.2, 0) is 0 Å². The highest BCUT2D eigenvalue weighted by Crippen LogP contribution is 2.32. The van der Waals surface area contributed by atoms with Crippen LogP contribution in [0.2, 0.25) is 0 Å². The van der Waals surface area contributed by atoms with Crippen LogP contribution < -0.4 is 5.32 Å². The number of piperidine rings is 1. The van der Waals surface area contributed by atoms with Crippen molar-refractivity contribution in [1.29, 1.82) is 0 Å². The number of hydrogen-bond donors (Lipinski definition) is 2. The summed E-state index contributed by atoms with van der Waals surface area (Å²) in [7, 11) is 0. The Labute approximate surface area is 144 Å². The molecule has 2 aromatic heterocycles. The van der Waals surface area contributed by atoms with Crippen LogP contribution in [0.1, 0.15) is 18.9 Å². The first kappa shape index (κ1) is 14.7. The number of aromatic nitrogens is 3. The lowest BCUT2D eigenvalue weighted by Gasteiger charge is -2.23. The van der Waals surface area contributed by atoms with Crippen LogP contribution >= 0.6 is 0 Å². The van der Waals surface area contributed by atoms with Crippen molar-refractivity contribution in [2.75, 3.05) is 13.1 Å². The van der Waals surface area contributed by atoms with E-state index in [1.807, 2.05) is 18.5 Å². The molecule has 4 aromatic rings. The van der Waals surface area contributed by atoms with Gasteiger partial charge >= 0.3 is 0 Å². The molecule has 0 bridgehead atoms. The lowest BCUT2D eigenvalue weighted by atomic mass is 10.0. The number of benzene rings is 2. The Morgan fingerprint density at radius 3 is 2.84 bits per heavy atom. The van der Waals surface area contributed by atoms with E-state index in [9.17, 15) is 4.39 Å². The molecule has 5 heteroatoms. The topological polar surface area (TPSA) is 45.6 Å². The first-order chi connectivity index (χ1) is 12.3. The average Bonchev–Trinajstić information content (AvgIpc) is 3.25. The second-order valence-corrected chi connectivity index (χ2v) is 6.74. The molecule has 0 spiro atoms. The third kappa shape index (κ3) is 2.43. The average molecular weight is 334 g/mol. The highest BCUT2D eigenvalue weighted by molar-refractivity contribution is 5.97. The van der Waals surface area contributed by atoms with Gasteiger partial charge in [0, 0.05) is 28.0 Å². The second kappa shape index (κ2) is 5.70. The van der Waals surface area contributed by atoms with Gasteiger partial charge in [0.05, 0.1) is 17.8 Å². The number of aromatic amines is 1.